The Balaban J connectivity index is 2.96. The van der Waals surface area contributed by atoms with E-state index in [0.29, 0.717) is 0 Å². The Morgan fingerprint density at radius 3 is 2.50 bits per heavy atom. The Bertz CT molecular complexity index is 116. The van der Waals surface area contributed by atoms with Gasteiger partial charge in [0.2, 0.25) is 0 Å². The molecule has 0 aliphatic rings. The summed E-state index contributed by atoms with van der Waals surface area (Å²) in [4.78, 5) is 0. The molecular weight excluding hydrogens is 164 g/mol. The van der Waals surface area contributed by atoms with Crippen LogP contribution in [0.25, 0.3) is 0 Å². The molecule has 0 aliphatic heterocycles. The molecule has 0 rings (SSSR count). The van der Waals surface area contributed by atoms with Crippen LogP contribution in [0.4, 0.5) is 0 Å². The van der Waals surface area contributed by atoms with Gasteiger partial charge in [0.15, 0.2) is 0 Å². The normalized spacial score (nSPS) is 10.7. The van der Waals surface area contributed by atoms with E-state index in [1.807, 2.05) is 0 Å². The first-order chi connectivity index (χ1) is 5.63. The first-order valence-corrected chi connectivity index (χ1v) is 6.00. The molecule has 0 aromatic carbocycles. The molecule has 0 heterocycles. The maximum atomic E-state index is 3.89. The average Bonchev–Trinajstić information content (AvgIpc) is 1.95. The monoisotopic (exact) mass is 186 g/mol. The van der Waals surface area contributed by atoms with E-state index in [4.69, 9.17) is 0 Å². The van der Waals surface area contributed by atoms with Crippen LogP contribution in [0.1, 0.15) is 40.0 Å². The highest BCUT2D eigenvalue weighted by atomic mass is 32.2. The van der Waals surface area contributed by atoms with E-state index in [-0.39, 0.29) is 0 Å². The number of thioether (sulfide) groups is 1. The second-order valence-electron chi connectivity index (χ2n) is 3.88. The van der Waals surface area contributed by atoms with Gasteiger partial charge in [-0.05, 0) is 43.6 Å². The maximum absolute atomic E-state index is 3.89. The zero-order valence-corrected chi connectivity index (χ0v) is 9.54. The lowest BCUT2D eigenvalue weighted by atomic mass is 10.2. The molecule has 1 heteroatoms. The summed E-state index contributed by atoms with van der Waals surface area (Å²) < 4.78 is 0. The van der Waals surface area contributed by atoms with Crippen molar-refractivity contribution in [1.82, 2.24) is 0 Å². The Morgan fingerprint density at radius 1 is 1.33 bits per heavy atom. The zero-order valence-electron chi connectivity index (χ0n) is 8.73. The first kappa shape index (κ1) is 12.1. The molecule has 0 unspecified atom stereocenters. The lowest BCUT2D eigenvalue weighted by Gasteiger charge is -2.03. The van der Waals surface area contributed by atoms with Gasteiger partial charge in [0.1, 0.15) is 0 Å². The molecule has 0 radical (unpaired) electrons. The van der Waals surface area contributed by atoms with E-state index in [1.54, 1.807) is 0 Å². The SMILES string of the molecule is C=C(C)CCCCSCC(C)C. The molecule has 12 heavy (non-hydrogen) atoms. The second-order valence-corrected chi connectivity index (χ2v) is 5.03. The summed E-state index contributed by atoms with van der Waals surface area (Å²) in [5, 5.41) is 0. The predicted molar refractivity (Wildman–Crippen MR) is 60.8 cm³/mol. The highest BCUT2D eigenvalue weighted by molar-refractivity contribution is 7.99. The summed E-state index contributed by atoms with van der Waals surface area (Å²) >= 11 is 2.08. The van der Waals surface area contributed by atoms with Crippen LogP contribution in [0, 0.1) is 5.92 Å². The lowest BCUT2D eigenvalue weighted by molar-refractivity contribution is 0.746. The molecule has 0 nitrogen and oxygen atoms in total. The topological polar surface area (TPSA) is 0 Å². The van der Waals surface area contributed by atoms with Crippen molar-refractivity contribution in [1.29, 1.82) is 0 Å². The summed E-state index contributed by atoms with van der Waals surface area (Å²) in [6.45, 7) is 10.6. The molecular formula is C11H22S. The first-order valence-electron chi connectivity index (χ1n) is 4.85. The Morgan fingerprint density at radius 2 is 2.00 bits per heavy atom. The van der Waals surface area contributed by atoms with Gasteiger partial charge in [-0.3, -0.25) is 0 Å². The fourth-order valence-corrected chi connectivity index (χ4v) is 2.00. The van der Waals surface area contributed by atoms with Crippen LogP contribution in [0.3, 0.4) is 0 Å². The van der Waals surface area contributed by atoms with Crippen molar-refractivity contribution < 1.29 is 0 Å². The third-order valence-electron chi connectivity index (χ3n) is 1.59. The van der Waals surface area contributed by atoms with E-state index in [0.717, 1.165) is 5.92 Å². The quantitative estimate of drug-likeness (QED) is 0.426. The van der Waals surface area contributed by atoms with Gasteiger partial charge in [-0.1, -0.05) is 19.4 Å². The second kappa shape index (κ2) is 7.72. The van der Waals surface area contributed by atoms with Crippen molar-refractivity contribution >= 4 is 11.8 Å². The fourth-order valence-electron chi connectivity index (χ4n) is 0.950. The summed E-state index contributed by atoms with van der Waals surface area (Å²) in [5.74, 6) is 3.48. The average molecular weight is 186 g/mol. The maximum Gasteiger partial charge on any atom is -0.00444 e. The number of hydrogen-bond donors (Lipinski definition) is 0. The molecule has 0 aliphatic carbocycles. The molecule has 0 saturated heterocycles. The fraction of sp³-hybridized carbons (Fsp3) is 0.818. The van der Waals surface area contributed by atoms with Gasteiger partial charge in [0.05, 0.1) is 0 Å². The van der Waals surface area contributed by atoms with E-state index in [2.05, 4.69) is 39.1 Å². The Kier molecular flexibility index (Phi) is 7.78. The minimum Gasteiger partial charge on any atom is -0.162 e. The van der Waals surface area contributed by atoms with Crippen molar-refractivity contribution in [2.24, 2.45) is 5.92 Å². The molecule has 0 fully saturated rings. The highest BCUT2D eigenvalue weighted by Gasteiger charge is 1.94. The summed E-state index contributed by atoms with van der Waals surface area (Å²) in [6.07, 6.45) is 3.88. The van der Waals surface area contributed by atoms with Crippen LogP contribution in [0.2, 0.25) is 0 Å². The van der Waals surface area contributed by atoms with Crippen LogP contribution in [-0.4, -0.2) is 11.5 Å². The van der Waals surface area contributed by atoms with Crippen molar-refractivity contribution in [3.05, 3.63) is 12.2 Å². The summed E-state index contributed by atoms with van der Waals surface area (Å²) in [7, 11) is 0. The van der Waals surface area contributed by atoms with Gasteiger partial charge in [-0.15, -0.1) is 6.58 Å². The van der Waals surface area contributed by atoms with Gasteiger partial charge < -0.3 is 0 Å². The van der Waals surface area contributed by atoms with E-state index < -0.39 is 0 Å². The third kappa shape index (κ3) is 10.1. The molecule has 0 aromatic heterocycles. The minimum absolute atomic E-state index is 0.844. The van der Waals surface area contributed by atoms with Gasteiger partial charge in [0, 0.05) is 0 Å². The van der Waals surface area contributed by atoms with E-state index >= 15 is 0 Å². The smallest absolute Gasteiger partial charge is 0.00444 e. The zero-order chi connectivity index (χ0) is 9.40. The third-order valence-corrected chi connectivity index (χ3v) is 3.07. The van der Waals surface area contributed by atoms with Crippen LogP contribution in [0.15, 0.2) is 12.2 Å². The van der Waals surface area contributed by atoms with Crippen molar-refractivity contribution in [2.75, 3.05) is 11.5 Å². The number of rotatable bonds is 7. The van der Waals surface area contributed by atoms with Crippen molar-refractivity contribution in [3.8, 4) is 0 Å². The molecule has 0 amide bonds. The summed E-state index contributed by atoms with van der Waals surface area (Å²) in [6, 6.07) is 0. The molecule has 72 valence electrons. The van der Waals surface area contributed by atoms with Crippen molar-refractivity contribution in [2.45, 2.75) is 40.0 Å². The molecule has 0 spiro atoms. The number of unbranched alkanes of at least 4 members (excludes halogenated alkanes) is 1. The number of hydrogen-bond acceptors (Lipinski definition) is 1. The van der Waals surface area contributed by atoms with Crippen LogP contribution < -0.4 is 0 Å². The van der Waals surface area contributed by atoms with E-state index in [1.165, 1.54) is 36.3 Å². The highest BCUT2D eigenvalue weighted by Crippen LogP contribution is 2.12. The van der Waals surface area contributed by atoms with Crippen LogP contribution in [0.5, 0.6) is 0 Å². The lowest BCUT2D eigenvalue weighted by Crippen LogP contribution is -1.92. The van der Waals surface area contributed by atoms with Gasteiger partial charge in [-0.2, -0.15) is 11.8 Å². The van der Waals surface area contributed by atoms with E-state index in [9.17, 15) is 0 Å². The number of allylic oxidation sites excluding steroid dienone is 1. The molecule has 0 N–H and O–H groups in total. The Hall–Kier alpha value is 0.0900. The van der Waals surface area contributed by atoms with Gasteiger partial charge in [-0.25, -0.2) is 0 Å². The van der Waals surface area contributed by atoms with Gasteiger partial charge in [0.25, 0.3) is 0 Å². The standard InChI is InChI=1S/C11H22S/c1-10(2)7-5-6-8-12-9-11(3)4/h11H,1,5-9H2,2-4H3. The molecule has 0 bridgehead atoms. The largest absolute Gasteiger partial charge is 0.162 e. The van der Waals surface area contributed by atoms with Crippen LogP contribution >= 0.6 is 11.8 Å². The molecule has 0 aromatic rings. The predicted octanol–water partition coefficient (Wildman–Crippen LogP) is 4.12. The Labute approximate surface area is 81.8 Å². The molecule has 0 saturated carbocycles. The van der Waals surface area contributed by atoms with Crippen molar-refractivity contribution in [3.63, 3.8) is 0 Å². The van der Waals surface area contributed by atoms with Gasteiger partial charge >= 0.3 is 0 Å². The van der Waals surface area contributed by atoms with Crippen LogP contribution in [-0.2, 0) is 0 Å². The summed E-state index contributed by atoms with van der Waals surface area (Å²) in [5.41, 5.74) is 1.32. The molecule has 0 atom stereocenters. The minimum atomic E-state index is 0.844.